The molecular formula is C22H16O3. The summed E-state index contributed by atoms with van der Waals surface area (Å²) in [6.07, 6.45) is 3.56. The number of ether oxygens (including phenoxy) is 2. The minimum Gasteiger partial charge on any atom is -0.496 e. The monoisotopic (exact) mass is 328 g/mol. The molecule has 1 heterocycles. The molecule has 0 saturated carbocycles. The highest BCUT2D eigenvalue weighted by molar-refractivity contribution is 6.05. The van der Waals surface area contributed by atoms with Crippen LogP contribution < -0.4 is 4.74 Å². The smallest absolute Gasteiger partial charge is 0.343 e. The summed E-state index contributed by atoms with van der Waals surface area (Å²) in [7, 11) is 1.61. The van der Waals surface area contributed by atoms with E-state index in [4.69, 9.17) is 9.47 Å². The molecular weight excluding hydrogens is 312 g/mol. The summed E-state index contributed by atoms with van der Waals surface area (Å²) in [4.78, 5) is 12.2. The van der Waals surface area contributed by atoms with Gasteiger partial charge in [0.25, 0.3) is 0 Å². The molecule has 0 atom stereocenters. The van der Waals surface area contributed by atoms with Crippen LogP contribution in [0.4, 0.5) is 0 Å². The molecule has 0 spiro atoms. The molecule has 0 amide bonds. The zero-order chi connectivity index (χ0) is 17.2. The predicted octanol–water partition coefficient (Wildman–Crippen LogP) is 4.83. The Morgan fingerprint density at radius 3 is 2.52 bits per heavy atom. The minimum absolute atomic E-state index is 0.353. The van der Waals surface area contributed by atoms with Gasteiger partial charge in [-0.2, -0.15) is 0 Å². The van der Waals surface area contributed by atoms with Crippen LogP contribution in [0.2, 0.25) is 0 Å². The summed E-state index contributed by atoms with van der Waals surface area (Å²) in [6.45, 7) is 0. The van der Waals surface area contributed by atoms with Crippen LogP contribution in [-0.2, 0) is 9.53 Å². The molecule has 0 aliphatic carbocycles. The number of benzene rings is 3. The van der Waals surface area contributed by atoms with Gasteiger partial charge in [-0.15, -0.1) is 0 Å². The quantitative estimate of drug-likeness (QED) is 0.510. The number of carbonyl (C=O) groups is 1. The molecule has 1 aliphatic rings. The van der Waals surface area contributed by atoms with Gasteiger partial charge in [-0.25, -0.2) is 4.79 Å². The molecule has 3 aromatic carbocycles. The predicted molar refractivity (Wildman–Crippen MR) is 99.0 cm³/mol. The van der Waals surface area contributed by atoms with Crippen LogP contribution in [0, 0.1) is 0 Å². The van der Waals surface area contributed by atoms with Crippen molar-refractivity contribution in [1.82, 2.24) is 0 Å². The number of esters is 1. The van der Waals surface area contributed by atoms with Crippen molar-refractivity contribution in [3.8, 4) is 5.75 Å². The Morgan fingerprint density at radius 1 is 0.920 bits per heavy atom. The van der Waals surface area contributed by atoms with Crippen LogP contribution in [0.5, 0.6) is 5.75 Å². The second-order valence-electron chi connectivity index (χ2n) is 5.80. The van der Waals surface area contributed by atoms with E-state index in [0.29, 0.717) is 11.3 Å². The molecule has 122 valence electrons. The molecule has 0 saturated heterocycles. The molecule has 0 N–H and O–H groups in total. The maximum absolute atomic E-state index is 12.2. The maximum Gasteiger partial charge on any atom is 0.343 e. The van der Waals surface area contributed by atoms with Gasteiger partial charge < -0.3 is 9.47 Å². The van der Waals surface area contributed by atoms with Crippen molar-refractivity contribution in [2.45, 2.75) is 0 Å². The second kappa shape index (κ2) is 6.29. The van der Waals surface area contributed by atoms with Gasteiger partial charge in [0.2, 0.25) is 0 Å². The van der Waals surface area contributed by atoms with Crippen molar-refractivity contribution < 1.29 is 14.3 Å². The normalized spacial score (nSPS) is 15.3. The number of rotatable bonds is 3. The van der Waals surface area contributed by atoms with E-state index in [-0.39, 0.29) is 5.97 Å². The average molecular weight is 328 g/mol. The third-order valence-electron chi connectivity index (χ3n) is 4.21. The highest BCUT2D eigenvalue weighted by Crippen LogP contribution is 2.30. The first kappa shape index (κ1) is 15.2. The topological polar surface area (TPSA) is 35.5 Å². The molecule has 3 aromatic rings. The van der Waals surface area contributed by atoms with Gasteiger partial charge >= 0.3 is 5.97 Å². The number of para-hydroxylation sites is 1. The van der Waals surface area contributed by atoms with Gasteiger partial charge in [0.15, 0.2) is 0 Å². The number of fused-ring (bicyclic) bond motifs is 1. The standard InChI is InChI=1S/C22H16O3/c1-24-20-9-5-4-8-17(20)13-19-14-21(25-22(19)23)18-11-10-15-6-2-3-7-16(15)12-18/h2-14H,1H3/b19-13+. The van der Waals surface area contributed by atoms with E-state index in [1.54, 1.807) is 19.3 Å². The van der Waals surface area contributed by atoms with E-state index in [0.717, 1.165) is 27.6 Å². The number of cyclic esters (lactones) is 1. The Kier molecular flexibility index (Phi) is 3.82. The lowest BCUT2D eigenvalue weighted by atomic mass is 10.0. The second-order valence-corrected chi connectivity index (χ2v) is 5.80. The Labute approximate surface area is 145 Å². The molecule has 3 heteroatoms. The third kappa shape index (κ3) is 2.92. The Hall–Kier alpha value is -3.33. The SMILES string of the molecule is COc1ccccc1/C=C1\C=C(c2ccc3ccccc3c2)OC1=O. The van der Waals surface area contributed by atoms with Crippen LogP contribution >= 0.6 is 0 Å². The van der Waals surface area contributed by atoms with E-state index >= 15 is 0 Å². The summed E-state index contributed by atoms with van der Waals surface area (Å²) >= 11 is 0. The van der Waals surface area contributed by atoms with Crippen molar-refractivity contribution >= 4 is 28.6 Å². The van der Waals surface area contributed by atoms with Gasteiger partial charge in [0, 0.05) is 11.1 Å². The summed E-state index contributed by atoms with van der Waals surface area (Å²) in [6, 6.07) is 21.7. The highest BCUT2D eigenvalue weighted by atomic mass is 16.5. The van der Waals surface area contributed by atoms with Crippen LogP contribution in [0.3, 0.4) is 0 Å². The van der Waals surface area contributed by atoms with Gasteiger partial charge in [-0.3, -0.25) is 0 Å². The first-order chi connectivity index (χ1) is 12.2. The lowest BCUT2D eigenvalue weighted by Crippen LogP contribution is -1.97. The summed E-state index contributed by atoms with van der Waals surface area (Å²) < 4.78 is 10.8. The van der Waals surface area contributed by atoms with Crippen molar-refractivity contribution in [3.05, 3.63) is 89.5 Å². The fourth-order valence-electron chi connectivity index (χ4n) is 2.93. The first-order valence-electron chi connectivity index (χ1n) is 8.02. The lowest BCUT2D eigenvalue weighted by Gasteiger charge is -2.04. The van der Waals surface area contributed by atoms with E-state index in [1.165, 1.54) is 0 Å². The van der Waals surface area contributed by atoms with Crippen LogP contribution in [0.1, 0.15) is 11.1 Å². The highest BCUT2D eigenvalue weighted by Gasteiger charge is 2.22. The Balaban J connectivity index is 1.73. The fraction of sp³-hybridized carbons (Fsp3) is 0.0455. The van der Waals surface area contributed by atoms with Crippen LogP contribution in [0.25, 0.3) is 22.6 Å². The lowest BCUT2D eigenvalue weighted by molar-refractivity contribution is -0.130. The molecule has 1 aliphatic heterocycles. The maximum atomic E-state index is 12.2. The summed E-state index contributed by atoms with van der Waals surface area (Å²) in [5, 5.41) is 2.26. The Morgan fingerprint density at radius 2 is 1.68 bits per heavy atom. The molecule has 4 rings (SSSR count). The third-order valence-corrected chi connectivity index (χ3v) is 4.21. The number of hydrogen-bond donors (Lipinski definition) is 0. The number of methoxy groups -OCH3 is 1. The minimum atomic E-state index is -0.353. The molecule has 0 unspecified atom stereocenters. The van der Waals surface area contributed by atoms with Gasteiger partial charge in [0.1, 0.15) is 11.5 Å². The fourth-order valence-corrected chi connectivity index (χ4v) is 2.93. The van der Waals surface area contributed by atoms with Crippen LogP contribution in [0.15, 0.2) is 78.4 Å². The van der Waals surface area contributed by atoms with Crippen molar-refractivity contribution in [2.24, 2.45) is 0 Å². The van der Waals surface area contributed by atoms with E-state index in [9.17, 15) is 4.79 Å². The van der Waals surface area contributed by atoms with Crippen molar-refractivity contribution in [2.75, 3.05) is 7.11 Å². The number of hydrogen-bond acceptors (Lipinski definition) is 3. The van der Waals surface area contributed by atoms with Gasteiger partial charge in [-0.05, 0) is 35.1 Å². The van der Waals surface area contributed by atoms with E-state index < -0.39 is 0 Å². The van der Waals surface area contributed by atoms with Crippen molar-refractivity contribution in [1.29, 1.82) is 0 Å². The van der Waals surface area contributed by atoms with Gasteiger partial charge in [0.05, 0.1) is 12.7 Å². The molecule has 0 bridgehead atoms. The average Bonchev–Trinajstić information content (AvgIpc) is 3.02. The van der Waals surface area contributed by atoms with Crippen molar-refractivity contribution in [3.63, 3.8) is 0 Å². The first-order valence-corrected chi connectivity index (χ1v) is 8.02. The molecule has 3 nitrogen and oxygen atoms in total. The molecule has 0 radical (unpaired) electrons. The molecule has 0 fully saturated rings. The zero-order valence-corrected chi connectivity index (χ0v) is 13.7. The van der Waals surface area contributed by atoms with E-state index in [1.807, 2.05) is 60.7 Å². The number of carbonyl (C=O) groups excluding carboxylic acids is 1. The van der Waals surface area contributed by atoms with E-state index in [2.05, 4.69) is 6.07 Å². The Bertz CT molecular complexity index is 1030. The van der Waals surface area contributed by atoms with Crippen LogP contribution in [-0.4, -0.2) is 13.1 Å². The summed E-state index contributed by atoms with van der Waals surface area (Å²) in [5.74, 6) is 0.932. The zero-order valence-electron chi connectivity index (χ0n) is 13.7. The largest absolute Gasteiger partial charge is 0.496 e. The van der Waals surface area contributed by atoms with Gasteiger partial charge in [-0.1, -0.05) is 54.6 Å². The molecule has 25 heavy (non-hydrogen) atoms. The summed E-state index contributed by atoms with van der Waals surface area (Å²) in [5.41, 5.74) is 2.23. The molecule has 0 aromatic heterocycles.